The van der Waals surface area contributed by atoms with Crippen LogP contribution in [0.25, 0.3) is 11.1 Å². The summed E-state index contributed by atoms with van der Waals surface area (Å²) >= 11 is 1.75. The largest absolute Gasteiger partial charge is 0.152 e. The fourth-order valence-corrected chi connectivity index (χ4v) is 2.40. The maximum absolute atomic E-state index is 2.26. The smallest absolute Gasteiger partial charge is 0.00147 e. The van der Waals surface area contributed by atoms with Gasteiger partial charge in [-0.2, -0.15) is 11.3 Å². The first-order valence-corrected chi connectivity index (χ1v) is 6.31. The highest BCUT2D eigenvalue weighted by Gasteiger charge is 2.00. The van der Waals surface area contributed by atoms with E-state index < -0.39 is 0 Å². The Hall–Kier alpha value is -1.08. The molecule has 0 saturated carbocycles. The Labute approximate surface area is 95.6 Å². The zero-order valence-electron chi connectivity index (χ0n) is 9.23. The summed E-state index contributed by atoms with van der Waals surface area (Å²) in [5.74, 6) is 0.733. The Balaban J connectivity index is 2.17. The molecule has 78 valence electrons. The molecule has 0 radical (unpaired) electrons. The number of thiophene rings is 1. The molecule has 0 amide bonds. The molecule has 2 aromatic rings. The fraction of sp³-hybridized carbons (Fsp3) is 0.286. The van der Waals surface area contributed by atoms with Crippen LogP contribution in [0.3, 0.4) is 0 Å². The van der Waals surface area contributed by atoms with E-state index in [0.29, 0.717) is 0 Å². The van der Waals surface area contributed by atoms with Crippen molar-refractivity contribution in [1.82, 2.24) is 0 Å². The maximum Gasteiger partial charge on any atom is -0.00147 e. The maximum atomic E-state index is 2.26. The van der Waals surface area contributed by atoms with E-state index in [1.165, 1.54) is 23.1 Å². The van der Waals surface area contributed by atoms with Crippen LogP contribution >= 0.6 is 11.3 Å². The lowest BCUT2D eigenvalue weighted by Crippen LogP contribution is -1.93. The van der Waals surface area contributed by atoms with Crippen molar-refractivity contribution in [3.8, 4) is 11.1 Å². The Kier molecular flexibility index (Phi) is 3.22. The van der Waals surface area contributed by atoms with Crippen molar-refractivity contribution in [3.63, 3.8) is 0 Å². The highest BCUT2D eigenvalue weighted by Crippen LogP contribution is 2.22. The second-order valence-corrected chi connectivity index (χ2v) is 5.09. The Morgan fingerprint density at radius 2 is 1.73 bits per heavy atom. The van der Waals surface area contributed by atoms with E-state index in [9.17, 15) is 0 Å². The van der Waals surface area contributed by atoms with Crippen LogP contribution in [-0.2, 0) is 6.42 Å². The molecule has 1 heterocycles. The summed E-state index contributed by atoms with van der Waals surface area (Å²) in [7, 11) is 0. The molecule has 0 aliphatic heterocycles. The molecule has 0 aliphatic carbocycles. The van der Waals surface area contributed by atoms with Gasteiger partial charge >= 0.3 is 0 Å². The molecule has 1 heteroatoms. The molecule has 1 aromatic carbocycles. The molecule has 0 bridgehead atoms. The molecular formula is C14H16S. The number of benzene rings is 1. The lowest BCUT2D eigenvalue weighted by atomic mass is 10.0. The third-order valence-electron chi connectivity index (χ3n) is 2.45. The van der Waals surface area contributed by atoms with Gasteiger partial charge in [-0.05, 0) is 45.9 Å². The van der Waals surface area contributed by atoms with Crippen LogP contribution in [0.1, 0.15) is 19.4 Å². The second-order valence-electron chi connectivity index (χ2n) is 4.31. The van der Waals surface area contributed by atoms with Gasteiger partial charge in [0.1, 0.15) is 0 Å². The topological polar surface area (TPSA) is 0 Å². The normalized spacial score (nSPS) is 10.9. The fourth-order valence-electron chi connectivity index (χ4n) is 1.73. The SMILES string of the molecule is CC(C)Cc1ccc(-c2ccsc2)cc1. The van der Waals surface area contributed by atoms with Crippen LogP contribution in [0, 0.1) is 5.92 Å². The molecule has 0 unspecified atom stereocenters. The molecule has 0 saturated heterocycles. The predicted octanol–water partition coefficient (Wildman–Crippen LogP) is 4.61. The van der Waals surface area contributed by atoms with Crippen LogP contribution in [0.5, 0.6) is 0 Å². The average Bonchev–Trinajstić information content (AvgIpc) is 2.71. The minimum atomic E-state index is 0.733. The number of hydrogen-bond acceptors (Lipinski definition) is 1. The van der Waals surface area contributed by atoms with Crippen molar-refractivity contribution in [2.75, 3.05) is 0 Å². The van der Waals surface area contributed by atoms with Crippen molar-refractivity contribution in [3.05, 3.63) is 46.7 Å². The first kappa shape index (κ1) is 10.4. The average molecular weight is 216 g/mol. The summed E-state index contributed by atoms with van der Waals surface area (Å²) in [6, 6.07) is 11.1. The monoisotopic (exact) mass is 216 g/mol. The van der Waals surface area contributed by atoms with Crippen molar-refractivity contribution >= 4 is 11.3 Å². The van der Waals surface area contributed by atoms with E-state index in [1.54, 1.807) is 11.3 Å². The lowest BCUT2D eigenvalue weighted by molar-refractivity contribution is 0.647. The van der Waals surface area contributed by atoms with Gasteiger partial charge in [0, 0.05) is 0 Å². The van der Waals surface area contributed by atoms with Gasteiger partial charge in [0.25, 0.3) is 0 Å². The van der Waals surface area contributed by atoms with Gasteiger partial charge in [-0.15, -0.1) is 0 Å². The number of hydrogen-bond donors (Lipinski definition) is 0. The zero-order valence-corrected chi connectivity index (χ0v) is 10.1. The van der Waals surface area contributed by atoms with Crippen LogP contribution in [0.2, 0.25) is 0 Å². The molecule has 0 atom stereocenters. The standard InChI is InChI=1S/C14H16S/c1-11(2)9-12-3-5-13(6-4-12)14-7-8-15-10-14/h3-8,10-11H,9H2,1-2H3. The zero-order chi connectivity index (χ0) is 10.7. The van der Waals surface area contributed by atoms with E-state index in [2.05, 4.69) is 54.9 Å². The van der Waals surface area contributed by atoms with Gasteiger partial charge in [0.15, 0.2) is 0 Å². The molecule has 0 aliphatic rings. The van der Waals surface area contributed by atoms with Gasteiger partial charge in [-0.25, -0.2) is 0 Å². The molecule has 15 heavy (non-hydrogen) atoms. The minimum absolute atomic E-state index is 0.733. The van der Waals surface area contributed by atoms with Crippen molar-refractivity contribution < 1.29 is 0 Å². The van der Waals surface area contributed by atoms with Crippen LogP contribution < -0.4 is 0 Å². The van der Waals surface area contributed by atoms with Gasteiger partial charge < -0.3 is 0 Å². The van der Waals surface area contributed by atoms with Crippen LogP contribution in [0.15, 0.2) is 41.1 Å². The molecule has 0 N–H and O–H groups in total. The summed E-state index contributed by atoms with van der Waals surface area (Å²) in [6.45, 7) is 4.51. The molecule has 0 spiro atoms. The van der Waals surface area contributed by atoms with E-state index >= 15 is 0 Å². The highest BCUT2D eigenvalue weighted by atomic mass is 32.1. The molecule has 0 fully saturated rings. The highest BCUT2D eigenvalue weighted by molar-refractivity contribution is 7.08. The molecule has 2 rings (SSSR count). The van der Waals surface area contributed by atoms with E-state index in [1.807, 2.05) is 0 Å². The van der Waals surface area contributed by atoms with E-state index in [0.717, 1.165) is 5.92 Å². The number of rotatable bonds is 3. The second kappa shape index (κ2) is 4.63. The van der Waals surface area contributed by atoms with Crippen molar-refractivity contribution in [1.29, 1.82) is 0 Å². The first-order chi connectivity index (χ1) is 7.25. The van der Waals surface area contributed by atoms with Crippen LogP contribution in [0.4, 0.5) is 0 Å². The first-order valence-electron chi connectivity index (χ1n) is 5.37. The minimum Gasteiger partial charge on any atom is -0.152 e. The molecule has 1 aromatic heterocycles. The Morgan fingerprint density at radius 3 is 2.27 bits per heavy atom. The van der Waals surface area contributed by atoms with Crippen molar-refractivity contribution in [2.45, 2.75) is 20.3 Å². The van der Waals surface area contributed by atoms with E-state index in [4.69, 9.17) is 0 Å². The predicted molar refractivity (Wildman–Crippen MR) is 68.3 cm³/mol. The van der Waals surface area contributed by atoms with Gasteiger partial charge in [-0.3, -0.25) is 0 Å². The third-order valence-corrected chi connectivity index (χ3v) is 3.14. The Bertz CT molecular complexity index is 395. The van der Waals surface area contributed by atoms with Crippen LogP contribution in [-0.4, -0.2) is 0 Å². The van der Waals surface area contributed by atoms with Gasteiger partial charge in [-0.1, -0.05) is 38.1 Å². The third kappa shape index (κ3) is 2.69. The summed E-state index contributed by atoms with van der Waals surface area (Å²) in [4.78, 5) is 0. The van der Waals surface area contributed by atoms with Gasteiger partial charge in [0.05, 0.1) is 0 Å². The quantitative estimate of drug-likeness (QED) is 0.702. The lowest BCUT2D eigenvalue weighted by Gasteiger charge is -2.05. The summed E-state index contributed by atoms with van der Waals surface area (Å²) in [5, 5.41) is 4.31. The molecule has 0 nitrogen and oxygen atoms in total. The summed E-state index contributed by atoms with van der Waals surface area (Å²) < 4.78 is 0. The summed E-state index contributed by atoms with van der Waals surface area (Å²) in [6.07, 6.45) is 1.17. The van der Waals surface area contributed by atoms with E-state index in [-0.39, 0.29) is 0 Å². The summed E-state index contributed by atoms with van der Waals surface area (Å²) in [5.41, 5.74) is 4.09. The molecular weight excluding hydrogens is 200 g/mol. The Morgan fingerprint density at radius 1 is 1.00 bits per heavy atom. The van der Waals surface area contributed by atoms with Gasteiger partial charge in [0.2, 0.25) is 0 Å². The van der Waals surface area contributed by atoms with Crippen molar-refractivity contribution in [2.24, 2.45) is 5.92 Å².